The summed E-state index contributed by atoms with van der Waals surface area (Å²) in [5.74, 6) is -0.874. The highest BCUT2D eigenvalue weighted by Gasteiger charge is 2.19. The number of ether oxygens (including phenoxy) is 1. The maximum Gasteiger partial charge on any atom is 0.326 e. The normalized spacial score (nSPS) is 11.9. The number of hydrogen-bond acceptors (Lipinski definition) is 3. The second-order valence-corrected chi connectivity index (χ2v) is 4.62. The molecule has 0 amide bonds. The highest BCUT2D eigenvalue weighted by molar-refractivity contribution is 5.71. The van der Waals surface area contributed by atoms with E-state index in [0.29, 0.717) is 6.42 Å². The van der Waals surface area contributed by atoms with Crippen LogP contribution in [0.2, 0.25) is 0 Å². The molecule has 0 saturated heterocycles. The molecule has 0 aliphatic carbocycles. The lowest BCUT2D eigenvalue weighted by atomic mass is 10.2. The molecule has 0 aliphatic rings. The summed E-state index contributed by atoms with van der Waals surface area (Å²) >= 11 is 0. The van der Waals surface area contributed by atoms with Crippen LogP contribution in [0, 0.1) is 0 Å². The van der Waals surface area contributed by atoms with Crippen LogP contribution < -0.4 is 10.3 Å². The van der Waals surface area contributed by atoms with E-state index in [2.05, 4.69) is 0 Å². The van der Waals surface area contributed by atoms with Gasteiger partial charge in [-0.05, 0) is 24.1 Å². The first-order valence-corrected chi connectivity index (χ1v) is 6.74. The van der Waals surface area contributed by atoms with Crippen LogP contribution in [0.3, 0.4) is 0 Å². The maximum absolute atomic E-state index is 12.3. The summed E-state index contributed by atoms with van der Waals surface area (Å²) < 4.78 is 6.71. The molecule has 5 heteroatoms. The van der Waals surface area contributed by atoms with E-state index in [1.165, 1.54) is 10.8 Å². The van der Waals surface area contributed by atoms with Gasteiger partial charge in [0.15, 0.2) is 5.75 Å². The van der Waals surface area contributed by atoms with E-state index in [9.17, 15) is 9.59 Å². The van der Waals surface area contributed by atoms with Crippen molar-refractivity contribution in [2.75, 3.05) is 0 Å². The SMILES string of the molecule is CCC(C(=O)O)n1cccc(OCc2ccccc2)c1=O. The minimum atomic E-state index is -1.03. The Morgan fingerprint density at radius 3 is 2.57 bits per heavy atom. The molecule has 2 rings (SSSR count). The Bertz CT molecular complexity index is 663. The third-order valence-electron chi connectivity index (χ3n) is 3.18. The third-order valence-corrected chi connectivity index (χ3v) is 3.18. The van der Waals surface area contributed by atoms with E-state index in [4.69, 9.17) is 9.84 Å². The molecule has 0 aliphatic heterocycles. The molecule has 0 saturated carbocycles. The van der Waals surface area contributed by atoms with Gasteiger partial charge in [0.1, 0.15) is 12.6 Å². The van der Waals surface area contributed by atoms with Gasteiger partial charge in [-0.15, -0.1) is 0 Å². The predicted octanol–water partition coefficient (Wildman–Crippen LogP) is 2.46. The number of carbonyl (C=O) groups is 1. The number of rotatable bonds is 6. The summed E-state index contributed by atoms with van der Waals surface area (Å²) in [6, 6.07) is 11.8. The van der Waals surface area contributed by atoms with Crippen molar-refractivity contribution >= 4 is 5.97 Å². The molecular weight excluding hydrogens is 270 g/mol. The first-order chi connectivity index (χ1) is 10.1. The average molecular weight is 287 g/mol. The topological polar surface area (TPSA) is 68.5 Å². The van der Waals surface area contributed by atoms with Gasteiger partial charge in [-0.25, -0.2) is 4.79 Å². The van der Waals surface area contributed by atoms with E-state index in [1.807, 2.05) is 30.3 Å². The minimum absolute atomic E-state index is 0.154. The molecule has 1 unspecified atom stereocenters. The largest absolute Gasteiger partial charge is 0.483 e. The molecule has 0 spiro atoms. The van der Waals surface area contributed by atoms with Gasteiger partial charge in [0, 0.05) is 6.20 Å². The molecule has 0 bridgehead atoms. The zero-order chi connectivity index (χ0) is 15.2. The van der Waals surface area contributed by atoms with E-state index in [0.717, 1.165) is 5.56 Å². The zero-order valence-electron chi connectivity index (χ0n) is 11.7. The second kappa shape index (κ2) is 6.74. The van der Waals surface area contributed by atoms with Crippen molar-refractivity contribution in [1.29, 1.82) is 0 Å². The summed E-state index contributed by atoms with van der Waals surface area (Å²) in [4.78, 5) is 23.4. The molecule has 5 nitrogen and oxygen atoms in total. The van der Waals surface area contributed by atoms with Gasteiger partial charge in [0.25, 0.3) is 5.56 Å². The monoisotopic (exact) mass is 287 g/mol. The quantitative estimate of drug-likeness (QED) is 0.886. The summed E-state index contributed by atoms with van der Waals surface area (Å²) in [6.45, 7) is 1.99. The highest BCUT2D eigenvalue weighted by Crippen LogP contribution is 2.12. The van der Waals surface area contributed by atoms with Crippen LogP contribution in [0.25, 0.3) is 0 Å². The van der Waals surface area contributed by atoms with Crippen molar-refractivity contribution in [2.45, 2.75) is 26.0 Å². The van der Waals surface area contributed by atoms with Crippen molar-refractivity contribution in [3.8, 4) is 5.75 Å². The molecular formula is C16H17NO4. The van der Waals surface area contributed by atoms with Crippen LogP contribution in [0.15, 0.2) is 53.5 Å². The Hall–Kier alpha value is -2.56. The van der Waals surface area contributed by atoms with Gasteiger partial charge in [0.05, 0.1) is 0 Å². The Balaban J connectivity index is 2.22. The van der Waals surface area contributed by atoms with E-state index in [1.54, 1.807) is 19.1 Å². The Morgan fingerprint density at radius 1 is 1.24 bits per heavy atom. The van der Waals surface area contributed by atoms with E-state index >= 15 is 0 Å². The lowest BCUT2D eigenvalue weighted by Crippen LogP contribution is -2.29. The van der Waals surface area contributed by atoms with Crippen LogP contribution in [0.1, 0.15) is 24.9 Å². The molecule has 1 atom stereocenters. The molecule has 1 aromatic heterocycles. The number of hydrogen-bond donors (Lipinski definition) is 1. The predicted molar refractivity (Wildman–Crippen MR) is 78.4 cm³/mol. The average Bonchev–Trinajstić information content (AvgIpc) is 2.49. The third kappa shape index (κ3) is 3.51. The van der Waals surface area contributed by atoms with Gasteiger partial charge < -0.3 is 9.84 Å². The molecule has 21 heavy (non-hydrogen) atoms. The number of benzene rings is 1. The van der Waals surface area contributed by atoms with Gasteiger partial charge in [-0.2, -0.15) is 0 Å². The van der Waals surface area contributed by atoms with Crippen molar-refractivity contribution in [3.63, 3.8) is 0 Å². The van der Waals surface area contributed by atoms with Crippen molar-refractivity contribution < 1.29 is 14.6 Å². The molecule has 110 valence electrons. The maximum atomic E-state index is 12.3. The first-order valence-electron chi connectivity index (χ1n) is 6.74. The summed E-state index contributed by atoms with van der Waals surface area (Å²) in [5.41, 5.74) is 0.514. The standard InChI is InChI=1S/C16H17NO4/c1-2-13(16(19)20)17-10-6-9-14(15(17)18)21-11-12-7-4-3-5-8-12/h3-10,13H,2,11H2,1H3,(H,19,20). The lowest BCUT2D eigenvalue weighted by Gasteiger charge is -2.15. The summed E-state index contributed by atoms with van der Waals surface area (Å²) in [6.07, 6.45) is 1.80. The zero-order valence-corrected chi connectivity index (χ0v) is 11.7. The molecule has 0 fully saturated rings. The fraction of sp³-hybridized carbons (Fsp3) is 0.250. The fourth-order valence-corrected chi connectivity index (χ4v) is 2.07. The summed E-state index contributed by atoms with van der Waals surface area (Å²) in [7, 11) is 0. The first kappa shape index (κ1) is 14.8. The van der Waals surface area contributed by atoms with E-state index < -0.39 is 17.6 Å². The van der Waals surface area contributed by atoms with Crippen molar-refractivity contribution in [2.24, 2.45) is 0 Å². The van der Waals surface area contributed by atoms with Crippen LogP contribution in [-0.2, 0) is 11.4 Å². The van der Waals surface area contributed by atoms with Crippen molar-refractivity contribution in [3.05, 3.63) is 64.6 Å². The molecule has 0 radical (unpaired) electrons. The number of aliphatic carboxylic acids is 1. The van der Waals surface area contributed by atoms with Gasteiger partial charge in [0.2, 0.25) is 0 Å². The van der Waals surface area contributed by atoms with Crippen molar-refractivity contribution in [1.82, 2.24) is 4.57 Å². The second-order valence-electron chi connectivity index (χ2n) is 4.62. The van der Waals surface area contributed by atoms with Gasteiger partial charge >= 0.3 is 5.97 Å². The smallest absolute Gasteiger partial charge is 0.326 e. The highest BCUT2D eigenvalue weighted by atomic mass is 16.5. The Kier molecular flexibility index (Phi) is 4.77. The van der Waals surface area contributed by atoms with Crippen LogP contribution >= 0.6 is 0 Å². The van der Waals surface area contributed by atoms with Gasteiger partial charge in [-0.1, -0.05) is 37.3 Å². The Labute approximate surface area is 122 Å². The fourth-order valence-electron chi connectivity index (χ4n) is 2.07. The lowest BCUT2D eigenvalue weighted by molar-refractivity contribution is -0.141. The molecule has 1 aromatic carbocycles. The number of carboxylic acids is 1. The number of nitrogens with zero attached hydrogens (tertiary/aromatic N) is 1. The molecule has 1 heterocycles. The number of carboxylic acid groups (broad SMARTS) is 1. The van der Waals surface area contributed by atoms with E-state index in [-0.39, 0.29) is 12.4 Å². The van der Waals surface area contributed by atoms with Crippen LogP contribution in [0.5, 0.6) is 5.75 Å². The number of pyridine rings is 1. The Morgan fingerprint density at radius 2 is 1.95 bits per heavy atom. The van der Waals surface area contributed by atoms with Gasteiger partial charge in [-0.3, -0.25) is 9.36 Å². The molecule has 1 N–H and O–H groups in total. The molecule has 2 aromatic rings. The van der Waals surface area contributed by atoms with Crippen LogP contribution in [0.4, 0.5) is 0 Å². The minimum Gasteiger partial charge on any atom is -0.483 e. The van der Waals surface area contributed by atoms with Crippen LogP contribution in [-0.4, -0.2) is 15.6 Å². The number of aromatic nitrogens is 1. The summed E-state index contributed by atoms with van der Waals surface area (Å²) in [5, 5.41) is 9.15.